The quantitative estimate of drug-likeness (QED) is 0.700. The molecule has 1 nitrogen and oxygen atoms in total. The first-order valence-electron chi connectivity index (χ1n) is 6.79. The number of nitrogens with one attached hydrogen (secondary N) is 1. The van der Waals surface area contributed by atoms with E-state index in [9.17, 15) is 0 Å². The van der Waals surface area contributed by atoms with Crippen LogP contribution in [0.1, 0.15) is 43.9 Å². The molecule has 2 aromatic carbocycles. The molecule has 20 heavy (non-hydrogen) atoms. The number of anilines is 1. The van der Waals surface area contributed by atoms with Crippen molar-refractivity contribution in [1.29, 1.82) is 0 Å². The van der Waals surface area contributed by atoms with Gasteiger partial charge in [-0.05, 0) is 54.3 Å². The highest BCUT2D eigenvalue weighted by molar-refractivity contribution is 6.33. The minimum atomic E-state index is 0.101. The van der Waals surface area contributed by atoms with Gasteiger partial charge in [-0.2, -0.15) is 0 Å². The summed E-state index contributed by atoms with van der Waals surface area (Å²) in [6, 6.07) is 14.1. The van der Waals surface area contributed by atoms with Crippen LogP contribution in [-0.2, 0) is 0 Å². The normalized spacial score (nSPS) is 12.5. The van der Waals surface area contributed by atoms with Crippen molar-refractivity contribution in [2.45, 2.75) is 32.7 Å². The standard InChI is InChI=1S/C17H19Cl2N/c1-11(2)13-5-4-6-15(9-13)20-12(3)16-10-14(18)7-8-17(16)19/h4-12,20H,1-3H3. The first-order valence-corrected chi connectivity index (χ1v) is 7.54. The van der Waals surface area contributed by atoms with Gasteiger partial charge in [-0.1, -0.05) is 49.2 Å². The molecule has 0 fully saturated rings. The van der Waals surface area contributed by atoms with Crippen LogP contribution in [0.3, 0.4) is 0 Å². The second-order valence-electron chi connectivity index (χ2n) is 5.31. The molecule has 0 aliphatic carbocycles. The molecule has 0 radical (unpaired) electrons. The fourth-order valence-corrected chi connectivity index (χ4v) is 2.62. The van der Waals surface area contributed by atoms with Crippen molar-refractivity contribution < 1.29 is 0 Å². The van der Waals surface area contributed by atoms with Crippen LogP contribution in [0.4, 0.5) is 5.69 Å². The van der Waals surface area contributed by atoms with E-state index in [0.29, 0.717) is 10.9 Å². The van der Waals surface area contributed by atoms with Crippen LogP contribution in [0.5, 0.6) is 0 Å². The molecule has 0 bridgehead atoms. The van der Waals surface area contributed by atoms with Gasteiger partial charge in [0.15, 0.2) is 0 Å². The number of hydrogen-bond donors (Lipinski definition) is 1. The molecule has 0 aliphatic rings. The molecule has 0 aliphatic heterocycles. The summed E-state index contributed by atoms with van der Waals surface area (Å²) >= 11 is 12.3. The van der Waals surface area contributed by atoms with E-state index in [-0.39, 0.29) is 6.04 Å². The van der Waals surface area contributed by atoms with Gasteiger partial charge in [-0.15, -0.1) is 0 Å². The van der Waals surface area contributed by atoms with E-state index in [1.165, 1.54) is 5.56 Å². The average molecular weight is 308 g/mol. The Morgan fingerprint density at radius 1 is 0.950 bits per heavy atom. The zero-order valence-corrected chi connectivity index (χ0v) is 13.5. The summed E-state index contributed by atoms with van der Waals surface area (Å²) in [5.41, 5.74) is 3.42. The van der Waals surface area contributed by atoms with E-state index < -0.39 is 0 Å². The van der Waals surface area contributed by atoms with Gasteiger partial charge in [0.2, 0.25) is 0 Å². The largest absolute Gasteiger partial charge is 0.378 e. The minimum absolute atomic E-state index is 0.101. The highest BCUT2D eigenvalue weighted by atomic mass is 35.5. The molecule has 0 spiro atoms. The molecule has 106 valence electrons. The van der Waals surface area contributed by atoms with Crippen molar-refractivity contribution >= 4 is 28.9 Å². The third-order valence-electron chi connectivity index (χ3n) is 3.36. The van der Waals surface area contributed by atoms with Gasteiger partial charge in [0.1, 0.15) is 0 Å². The fraction of sp³-hybridized carbons (Fsp3) is 0.294. The maximum absolute atomic E-state index is 6.24. The minimum Gasteiger partial charge on any atom is -0.378 e. The van der Waals surface area contributed by atoms with Crippen LogP contribution in [-0.4, -0.2) is 0 Å². The summed E-state index contributed by atoms with van der Waals surface area (Å²) < 4.78 is 0. The monoisotopic (exact) mass is 307 g/mol. The first-order chi connectivity index (χ1) is 9.47. The van der Waals surface area contributed by atoms with E-state index in [4.69, 9.17) is 23.2 Å². The van der Waals surface area contributed by atoms with Gasteiger partial charge in [-0.25, -0.2) is 0 Å². The van der Waals surface area contributed by atoms with Crippen LogP contribution < -0.4 is 5.32 Å². The lowest BCUT2D eigenvalue weighted by molar-refractivity contribution is 0.858. The molecule has 2 rings (SSSR count). The second-order valence-corrected chi connectivity index (χ2v) is 6.16. The SMILES string of the molecule is CC(C)c1cccc(NC(C)c2cc(Cl)ccc2Cl)c1. The van der Waals surface area contributed by atoms with Crippen LogP contribution in [0.15, 0.2) is 42.5 Å². The Morgan fingerprint density at radius 2 is 1.70 bits per heavy atom. The molecule has 0 amide bonds. The predicted octanol–water partition coefficient (Wildman–Crippen LogP) is 6.29. The smallest absolute Gasteiger partial charge is 0.0500 e. The van der Waals surface area contributed by atoms with Gasteiger partial charge in [0.25, 0.3) is 0 Å². The van der Waals surface area contributed by atoms with E-state index >= 15 is 0 Å². The molecular formula is C17H19Cl2N. The Morgan fingerprint density at radius 3 is 2.40 bits per heavy atom. The Labute approximate surface area is 130 Å². The maximum atomic E-state index is 6.24. The van der Waals surface area contributed by atoms with Gasteiger partial charge in [-0.3, -0.25) is 0 Å². The number of rotatable bonds is 4. The van der Waals surface area contributed by atoms with Crippen molar-refractivity contribution in [3.05, 3.63) is 63.6 Å². The topological polar surface area (TPSA) is 12.0 Å². The highest BCUT2D eigenvalue weighted by Gasteiger charge is 2.11. The van der Waals surface area contributed by atoms with E-state index in [1.54, 1.807) is 6.07 Å². The zero-order valence-electron chi connectivity index (χ0n) is 12.0. The predicted molar refractivity (Wildman–Crippen MR) is 89.0 cm³/mol. The van der Waals surface area contributed by atoms with Crippen LogP contribution in [0.2, 0.25) is 10.0 Å². The lowest BCUT2D eigenvalue weighted by Gasteiger charge is -2.18. The molecule has 0 saturated carbocycles. The van der Waals surface area contributed by atoms with Gasteiger partial charge in [0, 0.05) is 15.7 Å². The Hall–Kier alpha value is -1.18. The van der Waals surface area contributed by atoms with Crippen molar-refractivity contribution in [2.24, 2.45) is 0 Å². The molecule has 1 unspecified atom stereocenters. The molecule has 1 atom stereocenters. The summed E-state index contributed by atoms with van der Waals surface area (Å²) in [5.74, 6) is 0.516. The van der Waals surface area contributed by atoms with E-state index in [1.807, 2.05) is 12.1 Å². The number of benzene rings is 2. The second kappa shape index (κ2) is 6.51. The zero-order chi connectivity index (χ0) is 14.7. The number of halogens is 2. The summed E-state index contributed by atoms with van der Waals surface area (Å²) in [7, 11) is 0. The lowest BCUT2D eigenvalue weighted by Crippen LogP contribution is -2.07. The summed E-state index contributed by atoms with van der Waals surface area (Å²) in [6.45, 7) is 6.46. The molecule has 0 heterocycles. The third-order valence-corrected chi connectivity index (χ3v) is 3.94. The highest BCUT2D eigenvalue weighted by Crippen LogP contribution is 2.29. The van der Waals surface area contributed by atoms with Crippen molar-refractivity contribution in [2.75, 3.05) is 5.32 Å². The first kappa shape index (κ1) is 15.2. The molecule has 1 N–H and O–H groups in total. The third kappa shape index (κ3) is 3.68. The Bertz CT molecular complexity index is 593. The molecule has 0 saturated heterocycles. The lowest BCUT2D eigenvalue weighted by atomic mass is 10.0. The van der Waals surface area contributed by atoms with Crippen molar-refractivity contribution in [1.82, 2.24) is 0 Å². The maximum Gasteiger partial charge on any atom is 0.0500 e. The Kier molecular flexibility index (Phi) is 4.95. The van der Waals surface area contributed by atoms with E-state index in [2.05, 4.69) is 50.4 Å². The fourth-order valence-electron chi connectivity index (χ4n) is 2.16. The van der Waals surface area contributed by atoms with Crippen molar-refractivity contribution in [3.8, 4) is 0 Å². The molecule has 3 heteroatoms. The summed E-state index contributed by atoms with van der Waals surface area (Å²) in [6.07, 6.45) is 0. The van der Waals surface area contributed by atoms with Gasteiger partial charge < -0.3 is 5.32 Å². The van der Waals surface area contributed by atoms with Crippen LogP contribution in [0.25, 0.3) is 0 Å². The Balaban J connectivity index is 2.21. The van der Waals surface area contributed by atoms with E-state index in [0.717, 1.165) is 16.3 Å². The van der Waals surface area contributed by atoms with Crippen LogP contribution >= 0.6 is 23.2 Å². The van der Waals surface area contributed by atoms with Gasteiger partial charge in [0.05, 0.1) is 6.04 Å². The van der Waals surface area contributed by atoms with Gasteiger partial charge >= 0.3 is 0 Å². The summed E-state index contributed by atoms with van der Waals surface area (Å²) in [4.78, 5) is 0. The van der Waals surface area contributed by atoms with Crippen molar-refractivity contribution in [3.63, 3.8) is 0 Å². The van der Waals surface area contributed by atoms with Crippen LogP contribution in [0, 0.1) is 0 Å². The summed E-state index contributed by atoms with van der Waals surface area (Å²) in [5, 5.41) is 4.91. The average Bonchev–Trinajstić information content (AvgIpc) is 2.41. The molecular weight excluding hydrogens is 289 g/mol. The molecule has 0 aromatic heterocycles. The molecule has 2 aromatic rings. The number of hydrogen-bond acceptors (Lipinski definition) is 1.